The maximum absolute atomic E-state index is 6.58. The minimum atomic E-state index is -1.76. The molecule has 2 nitrogen and oxygen atoms in total. The maximum atomic E-state index is 6.58. The van der Waals surface area contributed by atoms with E-state index >= 15 is 0 Å². The summed E-state index contributed by atoms with van der Waals surface area (Å²) in [6.45, 7) is 8.57. The highest BCUT2D eigenvalue weighted by Gasteiger charge is 2.38. The van der Waals surface area contributed by atoms with Crippen LogP contribution in [0.1, 0.15) is 33.1 Å². The van der Waals surface area contributed by atoms with E-state index in [1.165, 1.54) is 36.5 Å². The molecule has 126 valence electrons. The summed E-state index contributed by atoms with van der Waals surface area (Å²) in [5.41, 5.74) is 0. The predicted octanol–water partition coefficient (Wildman–Crippen LogP) is 4.46. The van der Waals surface area contributed by atoms with Crippen LogP contribution in [0.15, 0.2) is 24.3 Å². The van der Waals surface area contributed by atoms with Gasteiger partial charge >= 0.3 is 0 Å². The van der Waals surface area contributed by atoms with Crippen LogP contribution in [0, 0.1) is 0 Å². The molecule has 1 aliphatic rings. The van der Waals surface area contributed by atoms with Crippen LogP contribution in [-0.2, 0) is 4.43 Å². The van der Waals surface area contributed by atoms with Gasteiger partial charge in [-0.05, 0) is 42.5 Å². The molecule has 1 heterocycles. The minimum Gasteiger partial charge on any atom is -0.411 e. The van der Waals surface area contributed by atoms with E-state index in [1.54, 1.807) is 0 Å². The molecule has 0 bridgehead atoms. The van der Waals surface area contributed by atoms with Crippen LogP contribution in [0.25, 0.3) is 0 Å². The van der Waals surface area contributed by atoms with Gasteiger partial charge in [0.25, 0.3) is 0 Å². The number of hydrogen-bond donors (Lipinski definition) is 0. The molecule has 0 saturated carbocycles. The zero-order chi connectivity index (χ0) is 15.1. The maximum Gasteiger partial charge on any atom is 0.224 e. The fourth-order valence-corrected chi connectivity index (χ4v) is 7.61. The molecule has 0 radical (unpaired) electrons. The Morgan fingerprint density at radius 3 is 2.18 bits per heavy atom. The lowest BCUT2D eigenvalue weighted by Crippen LogP contribution is -2.52. The van der Waals surface area contributed by atoms with Gasteiger partial charge in [0.15, 0.2) is 0 Å². The van der Waals surface area contributed by atoms with Crippen molar-refractivity contribution in [3.8, 4) is 0 Å². The summed E-state index contributed by atoms with van der Waals surface area (Å²) in [5, 5.41) is 2.26. The van der Waals surface area contributed by atoms with E-state index < -0.39 is 8.32 Å². The van der Waals surface area contributed by atoms with Gasteiger partial charge < -0.3 is 9.33 Å². The molecule has 1 fully saturated rings. The second-order valence-electron chi connectivity index (χ2n) is 5.94. The molecule has 0 unspecified atom stereocenters. The van der Waals surface area contributed by atoms with Crippen LogP contribution in [0.2, 0.25) is 17.1 Å². The molecule has 0 N–H and O–H groups in total. The largest absolute Gasteiger partial charge is 0.411 e. The standard InChI is InChI=1S/C17H28ClNOSi.ClH/c1-3-19(4-2)12-13-20-21(14-6-5-7-15-21)17-10-8-16(18)9-11-17;/h8-11H,3-7,12-15H2,1-2H3;1H. The van der Waals surface area contributed by atoms with Crippen molar-refractivity contribution in [1.82, 2.24) is 4.90 Å². The highest BCUT2D eigenvalue weighted by molar-refractivity contribution is 6.86. The van der Waals surface area contributed by atoms with E-state index in [0.717, 1.165) is 31.3 Å². The second-order valence-corrected chi connectivity index (χ2v) is 10.2. The van der Waals surface area contributed by atoms with Gasteiger partial charge in [0.1, 0.15) is 0 Å². The van der Waals surface area contributed by atoms with Crippen molar-refractivity contribution in [2.45, 2.75) is 45.2 Å². The lowest BCUT2D eigenvalue weighted by atomic mass is 10.3. The van der Waals surface area contributed by atoms with Gasteiger partial charge in [-0.3, -0.25) is 0 Å². The molecule has 1 aromatic carbocycles. The van der Waals surface area contributed by atoms with E-state index in [-0.39, 0.29) is 12.4 Å². The van der Waals surface area contributed by atoms with E-state index in [9.17, 15) is 0 Å². The molecule has 0 atom stereocenters. The number of rotatable bonds is 7. The Kier molecular flexibility index (Phi) is 9.03. The first-order chi connectivity index (χ1) is 10.2. The first kappa shape index (κ1) is 20.0. The molecule has 1 saturated heterocycles. The lowest BCUT2D eigenvalue weighted by Gasteiger charge is -2.36. The smallest absolute Gasteiger partial charge is 0.224 e. The van der Waals surface area contributed by atoms with Crippen LogP contribution in [-0.4, -0.2) is 39.5 Å². The molecular weight excluding hydrogens is 333 g/mol. The second kappa shape index (κ2) is 9.94. The van der Waals surface area contributed by atoms with Crippen LogP contribution in [0.3, 0.4) is 0 Å². The first-order valence-electron chi connectivity index (χ1n) is 8.32. The lowest BCUT2D eigenvalue weighted by molar-refractivity contribution is 0.215. The van der Waals surface area contributed by atoms with Crippen LogP contribution >= 0.6 is 24.0 Å². The van der Waals surface area contributed by atoms with Gasteiger partial charge in [0.05, 0.1) is 0 Å². The van der Waals surface area contributed by atoms with Crippen LogP contribution in [0.4, 0.5) is 0 Å². The molecule has 1 aromatic rings. The average Bonchev–Trinajstić information content (AvgIpc) is 2.53. The molecule has 0 amide bonds. The number of benzene rings is 1. The Morgan fingerprint density at radius 1 is 1.05 bits per heavy atom. The Labute approximate surface area is 147 Å². The van der Waals surface area contributed by atoms with Gasteiger partial charge in [-0.1, -0.05) is 56.8 Å². The Hall–Kier alpha value is -0.0631. The van der Waals surface area contributed by atoms with Gasteiger partial charge in [-0.25, -0.2) is 0 Å². The van der Waals surface area contributed by atoms with Crippen molar-refractivity contribution in [3.05, 3.63) is 29.3 Å². The summed E-state index contributed by atoms with van der Waals surface area (Å²) >= 11 is 6.05. The van der Waals surface area contributed by atoms with Crippen LogP contribution < -0.4 is 5.19 Å². The highest BCUT2D eigenvalue weighted by atomic mass is 35.5. The Balaban J connectivity index is 0.00000242. The van der Waals surface area contributed by atoms with Crippen LogP contribution in [0.5, 0.6) is 0 Å². The normalized spacial score (nSPS) is 17.3. The van der Waals surface area contributed by atoms with E-state index in [1.807, 2.05) is 12.1 Å². The monoisotopic (exact) mass is 361 g/mol. The summed E-state index contributed by atoms with van der Waals surface area (Å²) in [4.78, 5) is 2.44. The van der Waals surface area contributed by atoms with Gasteiger partial charge in [-0.2, -0.15) is 0 Å². The quantitative estimate of drug-likeness (QED) is 0.664. The molecule has 5 heteroatoms. The third-order valence-electron chi connectivity index (χ3n) is 4.71. The summed E-state index contributed by atoms with van der Waals surface area (Å²) in [6.07, 6.45) is 4.00. The first-order valence-corrected chi connectivity index (χ1v) is 11.0. The fraction of sp³-hybridized carbons (Fsp3) is 0.647. The zero-order valence-electron chi connectivity index (χ0n) is 13.8. The third kappa shape index (κ3) is 5.24. The fourth-order valence-electron chi connectivity index (χ4n) is 3.30. The third-order valence-corrected chi connectivity index (χ3v) is 9.43. The van der Waals surface area contributed by atoms with Gasteiger partial charge in [0.2, 0.25) is 8.32 Å². The van der Waals surface area contributed by atoms with Crippen molar-refractivity contribution in [3.63, 3.8) is 0 Å². The summed E-state index contributed by atoms with van der Waals surface area (Å²) in [5.74, 6) is 0. The van der Waals surface area contributed by atoms with E-state index in [4.69, 9.17) is 16.0 Å². The Morgan fingerprint density at radius 2 is 1.64 bits per heavy atom. The molecule has 2 rings (SSSR count). The number of likely N-dealkylation sites (N-methyl/N-ethyl adjacent to an activating group) is 1. The summed E-state index contributed by atoms with van der Waals surface area (Å²) < 4.78 is 6.58. The molecular formula is C17H29Cl2NOSi. The molecule has 0 aromatic heterocycles. The van der Waals surface area contributed by atoms with Crippen molar-refractivity contribution in [2.75, 3.05) is 26.2 Å². The summed E-state index contributed by atoms with van der Waals surface area (Å²) in [7, 11) is -1.76. The van der Waals surface area contributed by atoms with Gasteiger partial charge in [-0.15, -0.1) is 12.4 Å². The predicted molar refractivity (Wildman–Crippen MR) is 101 cm³/mol. The van der Waals surface area contributed by atoms with Crippen molar-refractivity contribution in [2.24, 2.45) is 0 Å². The minimum absolute atomic E-state index is 0. The van der Waals surface area contributed by atoms with E-state index in [0.29, 0.717) is 0 Å². The summed E-state index contributed by atoms with van der Waals surface area (Å²) in [6, 6.07) is 11.0. The number of hydrogen-bond acceptors (Lipinski definition) is 2. The molecule has 1 aliphatic heterocycles. The Bertz CT molecular complexity index is 417. The van der Waals surface area contributed by atoms with E-state index in [2.05, 4.69) is 30.9 Å². The van der Waals surface area contributed by atoms with Gasteiger partial charge in [0, 0.05) is 18.2 Å². The highest BCUT2D eigenvalue weighted by Crippen LogP contribution is 2.29. The van der Waals surface area contributed by atoms with Crippen molar-refractivity contribution in [1.29, 1.82) is 0 Å². The SMILES string of the molecule is CCN(CC)CCO[Si]1(c2ccc(Cl)cc2)CCCCC1.Cl. The number of halogens is 2. The van der Waals surface area contributed by atoms with Crippen molar-refractivity contribution >= 4 is 37.5 Å². The topological polar surface area (TPSA) is 12.5 Å². The number of nitrogens with zero attached hydrogens (tertiary/aromatic N) is 1. The average molecular weight is 362 g/mol. The molecule has 0 aliphatic carbocycles. The van der Waals surface area contributed by atoms with Crippen molar-refractivity contribution < 1.29 is 4.43 Å². The molecule has 0 spiro atoms. The molecule has 22 heavy (non-hydrogen) atoms. The zero-order valence-corrected chi connectivity index (χ0v) is 16.4.